The highest BCUT2D eigenvalue weighted by atomic mass is 35.5. The number of nitrogens with one attached hydrogen (secondary N) is 1. The molecule has 4 nitrogen and oxygen atoms in total. The van der Waals surface area contributed by atoms with Crippen molar-refractivity contribution in [1.82, 2.24) is 0 Å². The van der Waals surface area contributed by atoms with Crippen LogP contribution in [0.5, 0.6) is 0 Å². The fourth-order valence-corrected chi connectivity index (χ4v) is 1.60. The van der Waals surface area contributed by atoms with Gasteiger partial charge >= 0.3 is 0 Å². The Balaban J connectivity index is 2.21. The van der Waals surface area contributed by atoms with Crippen LogP contribution >= 0.6 is 11.6 Å². The van der Waals surface area contributed by atoms with Gasteiger partial charge in [0.25, 0.3) is 5.91 Å². The molecule has 1 heterocycles. The van der Waals surface area contributed by atoms with Crippen LogP contribution in [0.1, 0.15) is 16.1 Å². The molecule has 2 rings (SSSR count). The van der Waals surface area contributed by atoms with E-state index in [4.69, 9.17) is 21.1 Å². The SMILES string of the molecule is O=C(Nc1ccccc1C#CCO)c1ccc(Cl)o1. The molecule has 0 fully saturated rings. The van der Waals surface area contributed by atoms with Gasteiger partial charge in [-0.3, -0.25) is 4.79 Å². The van der Waals surface area contributed by atoms with E-state index in [0.29, 0.717) is 11.3 Å². The summed E-state index contributed by atoms with van der Waals surface area (Å²) < 4.78 is 5.02. The summed E-state index contributed by atoms with van der Waals surface area (Å²) in [5.74, 6) is 4.99. The van der Waals surface area contributed by atoms with E-state index in [-0.39, 0.29) is 17.6 Å². The van der Waals surface area contributed by atoms with Crippen LogP contribution in [-0.2, 0) is 0 Å². The van der Waals surface area contributed by atoms with Crippen molar-refractivity contribution in [2.75, 3.05) is 11.9 Å². The number of aliphatic hydroxyl groups excluding tert-OH is 1. The van der Waals surface area contributed by atoms with Crippen molar-refractivity contribution in [2.45, 2.75) is 0 Å². The fourth-order valence-electron chi connectivity index (χ4n) is 1.46. The molecule has 0 saturated carbocycles. The minimum Gasteiger partial charge on any atom is -0.440 e. The summed E-state index contributed by atoms with van der Waals surface area (Å²) in [4.78, 5) is 11.9. The summed E-state index contributed by atoms with van der Waals surface area (Å²) in [5, 5.41) is 11.5. The number of halogens is 1. The molecule has 2 N–H and O–H groups in total. The minimum absolute atomic E-state index is 0.120. The second-order valence-corrected chi connectivity index (χ2v) is 3.94. The van der Waals surface area contributed by atoms with Crippen molar-refractivity contribution in [2.24, 2.45) is 0 Å². The van der Waals surface area contributed by atoms with E-state index in [1.165, 1.54) is 12.1 Å². The molecule has 96 valence electrons. The Morgan fingerprint density at radius 1 is 1.32 bits per heavy atom. The number of amides is 1. The molecule has 0 spiro atoms. The van der Waals surface area contributed by atoms with E-state index < -0.39 is 5.91 Å². The number of carbonyl (C=O) groups is 1. The third-order valence-electron chi connectivity index (χ3n) is 2.27. The standard InChI is InChI=1S/C14H10ClNO3/c15-13-8-7-12(19-13)14(18)16-11-6-2-1-4-10(11)5-3-9-17/h1-2,4,6-8,17H,9H2,(H,16,18). The summed E-state index contributed by atoms with van der Waals surface area (Å²) >= 11 is 5.61. The first-order valence-corrected chi connectivity index (χ1v) is 5.84. The molecule has 0 aliphatic rings. The zero-order valence-corrected chi connectivity index (χ0v) is 10.6. The lowest BCUT2D eigenvalue weighted by atomic mass is 10.2. The van der Waals surface area contributed by atoms with E-state index in [1.54, 1.807) is 24.3 Å². The Labute approximate surface area is 115 Å². The van der Waals surface area contributed by atoms with E-state index in [2.05, 4.69) is 17.2 Å². The Morgan fingerprint density at radius 3 is 2.79 bits per heavy atom. The van der Waals surface area contributed by atoms with Crippen molar-refractivity contribution in [3.05, 3.63) is 52.9 Å². The zero-order valence-electron chi connectivity index (χ0n) is 9.81. The summed E-state index contributed by atoms with van der Waals surface area (Å²) in [6.07, 6.45) is 0. The van der Waals surface area contributed by atoms with Gasteiger partial charge in [0.15, 0.2) is 11.0 Å². The quantitative estimate of drug-likeness (QED) is 0.828. The van der Waals surface area contributed by atoms with Crippen molar-refractivity contribution < 1.29 is 14.3 Å². The first-order chi connectivity index (χ1) is 9.20. The number of aliphatic hydroxyl groups is 1. The third kappa shape index (κ3) is 3.38. The molecular formula is C14H10ClNO3. The number of hydrogen-bond donors (Lipinski definition) is 2. The Morgan fingerprint density at radius 2 is 2.11 bits per heavy atom. The number of para-hydroxylation sites is 1. The molecule has 5 heteroatoms. The molecular weight excluding hydrogens is 266 g/mol. The highest BCUT2D eigenvalue weighted by Crippen LogP contribution is 2.17. The van der Waals surface area contributed by atoms with Crippen LogP contribution in [0.4, 0.5) is 5.69 Å². The van der Waals surface area contributed by atoms with Gasteiger partial charge in [0.05, 0.1) is 5.69 Å². The van der Waals surface area contributed by atoms with Crippen LogP contribution in [0, 0.1) is 11.8 Å². The summed E-state index contributed by atoms with van der Waals surface area (Å²) in [5.41, 5.74) is 1.16. The lowest BCUT2D eigenvalue weighted by Gasteiger charge is -2.05. The number of benzene rings is 1. The number of furan rings is 1. The van der Waals surface area contributed by atoms with Gasteiger partial charge in [-0.05, 0) is 35.9 Å². The lowest BCUT2D eigenvalue weighted by molar-refractivity contribution is 0.0996. The molecule has 2 aromatic rings. The van der Waals surface area contributed by atoms with E-state index in [1.807, 2.05) is 0 Å². The normalized spacial score (nSPS) is 9.58. The van der Waals surface area contributed by atoms with E-state index in [9.17, 15) is 4.79 Å². The van der Waals surface area contributed by atoms with Crippen LogP contribution in [0.3, 0.4) is 0 Å². The molecule has 0 saturated heterocycles. The Kier molecular flexibility index (Phi) is 4.24. The van der Waals surface area contributed by atoms with Crippen LogP contribution in [0.2, 0.25) is 5.22 Å². The molecule has 0 aliphatic carbocycles. The maximum absolute atomic E-state index is 11.9. The smallest absolute Gasteiger partial charge is 0.291 e. The van der Waals surface area contributed by atoms with Gasteiger partial charge in [0.2, 0.25) is 0 Å². The molecule has 19 heavy (non-hydrogen) atoms. The highest BCUT2D eigenvalue weighted by molar-refractivity contribution is 6.29. The van der Waals surface area contributed by atoms with Crippen LogP contribution in [0.15, 0.2) is 40.8 Å². The number of anilines is 1. The van der Waals surface area contributed by atoms with Crippen LogP contribution in [-0.4, -0.2) is 17.6 Å². The second kappa shape index (κ2) is 6.10. The molecule has 0 unspecified atom stereocenters. The first kappa shape index (κ1) is 13.2. The van der Waals surface area contributed by atoms with Gasteiger partial charge in [-0.25, -0.2) is 0 Å². The number of rotatable bonds is 2. The van der Waals surface area contributed by atoms with Crippen molar-refractivity contribution in [1.29, 1.82) is 0 Å². The monoisotopic (exact) mass is 275 g/mol. The Hall–Kier alpha value is -2.22. The van der Waals surface area contributed by atoms with Crippen molar-refractivity contribution >= 4 is 23.2 Å². The lowest BCUT2D eigenvalue weighted by Crippen LogP contribution is -2.11. The van der Waals surface area contributed by atoms with E-state index in [0.717, 1.165) is 0 Å². The van der Waals surface area contributed by atoms with Gasteiger partial charge in [-0.15, -0.1) is 0 Å². The summed E-state index contributed by atoms with van der Waals surface area (Å²) in [6.45, 7) is -0.240. The molecule has 1 amide bonds. The topological polar surface area (TPSA) is 62.5 Å². The van der Waals surface area contributed by atoms with Gasteiger partial charge < -0.3 is 14.8 Å². The predicted molar refractivity (Wildman–Crippen MR) is 72.1 cm³/mol. The minimum atomic E-state index is -0.412. The molecule has 1 aromatic heterocycles. The van der Waals surface area contributed by atoms with Gasteiger partial charge in [0, 0.05) is 5.56 Å². The first-order valence-electron chi connectivity index (χ1n) is 5.46. The average molecular weight is 276 g/mol. The third-order valence-corrected chi connectivity index (χ3v) is 2.48. The average Bonchev–Trinajstić information content (AvgIpc) is 2.84. The second-order valence-electron chi connectivity index (χ2n) is 3.56. The largest absolute Gasteiger partial charge is 0.440 e. The fraction of sp³-hybridized carbons (Fsp3) is 0.0714. The van der Waals surface area contributed by atoms with Gasteiger partial charge in [0.1, 0.15) is 6.61 Å². The molecule has 0 atom stereocenters. The maximum atomic E-state index is 11.9. The highest BCUT2D eigenvalue weighted by Gasteiger charge is 2.11. The summed E-state index contributed by atoms with van der Waals surface area (Å²) in [6, 6.07) is 10.0. The molecule has 0 radical (unpaired) electrons. The molecule has 1 aromatic carbocycles. The predicted octanol–water partition coefficient (Wildman–Crippen LogP) is 2.53. The van der Waals surface area contributed by atoms with Crippen LogP contribution in [0.25, 0.3) is 0 Å². The van der Waals surface area contributed by atoms with E-state index >= 15 is 0 Å². The number of carbonyl (C=O) groups excluding carboxylic acids is 1. The zero-order chi connectivity index (χ0) is 13.7. The maximum Gasteiger partial charge on any atom is 0.291 e. The summed E-state index contributed by atoms with van der Waals surface area (Å²) in [7, 11) is 0. The van der Waals surface area contributed by atoms with Gasteiger partial charge in [-0.2, -0.15) is 0 Å². The molecule has 0 bridgehead atoms. The molecule has 0 aliphatic heterocycles. The van der Waals surface area contributed by atoms with Crippen LogP contribution < -0.4 is 5.32 Å². The van der Waals surface area contributed by atoms with Gasteiger partial charge in [-0.1, -0.05) is 24.0 Å². The number of hydrogen-bond acceptors (Lipinski definition) is 3. The van der Waals surface area contributed by atoms with Crippen molar-refractivity contribution in [3.63, 3.8) is 0 Å². The Bertz CT molecular complexity index is 652. The van der Waals surface area contributed by atoms with Crippen molar-refractivity contribution in [3.8, 4) is 11.8 Å².